The monoisotopic (exact) mass is 603 g/mol. The number of carbonyl (C=O) groups is 1. The van der Waals surface area contributed by atoms with Crippen LogP contribution in [0.5, 0.6) is 11.5 Å². The van der Waals surface area contributed by atoms with Crippen LogP contribution >= 0.6 is 7.75 Å². The standard InChI is InChI=1S/C24H25F3N3O8PS/c1-40(35,36)30-20-14-18(8-10-21(20)31)29-23(32)16-5-9-19(15-3-6-17(7-4-15)24(25,26)27)22(13-16)37-11-2-12-38-39(28,33)34/h3-10,13-14,30-31H,2,11-12H2,1H3,(H,29,32)(H3,28,33,34). The Kier molecular flexibility index (Phi) is 9.48. The summed E-state index contributed by atoms with van der Waals surface area (Å²) in [5.74, 6) is -0.888. The third kappa shape index (κ3) is 9.24. The number of nitrogens with one attached hydrogen (secondary N) is 2. The molecule has 0 aliphatic rings. The topological polar surface area (TPSA) is 177 Å². The molecule has 0 saturated heterocycles. The van der Waals surface area contributed by atoms with Gasteiger partial charge in [0.05, 0.1) is 30.7 Å². The Hall–Kier alpha value is -3.62. The molecular formula is C24H25F3N3O8PS. The van der Waals surface area contributed by atoms with Crippen LogP contribution < -0.4 is 20.3 Å². The summed E-state index contributed by atoms with van der Waals surface area (Å²) in [6.07, 6.45) is -3.52. The second kappa shape index (κ2) is 12.3. The summed E-state index contributed by atoms with van der Waals surface area (Å²) in [6.45, 7) is -0.276. The molecular weight excluding hydrogens is 578 g/mol. The number of sulfonamides is 1. The minimum Gasteiger partial charge on any atom is -0.506 e. The van der Waals surface area contributed by atoms with Gasteiger partial charge < -0.3 is 20.1 Å². The summed E-state index contributed by atoms with van der Waals surface area (Å²) >= 11 is 0. The van der Waals surface area contributed by atoms with Gasteiger partial charge in [-0.25, -0.2) is 18.5 Å². The summed E-state index contributed by atoms with van der Waals surface area (Å²) in [5.41, 5.74) is 4.86. The number of hydrogen-bond donors (Lipinski definition) is 5. The maximum atomic E-state index is 13.0. The molecule has 40 heavy (non-hydrogen) atoms. The highest BCUT2D eigenvalue weighted by Gasteiger charge is 2.30. The zero-order chi connectivity index (χ0) is 29.7. The van der Waals surface area contributed by atoms with Crippen molar-refractivity contribution in [1.29, 1.82) is 0 Å². The van der Waals surface area contributed by atoms with Gasteiger partial charge in [-0.2, -0.15) is 13.2 Å². The van der Waals surface area contributed by atoms with Gasteiger partial charge in [0.1, 0.15) is 11.5 Å². The zero-order valence-corrected chi connectivity index (χ0v) is 22.5. The first-order chi connectivity index (χ1) is 18.5. The van der Waals surface area contributed by atoms with Crippen LogP contribution in [0.4, 0.5) is 24.5 Å². The maximum Gasteiger partial charge on any atom is 0.416 e. The Labute approximate surface area is 227 Å². The number of rotatable bonds is 11. The average Bonchev–Trinajstić information content (AvgIpc) is 2.84. The van der Waals surface area contributed by atoms with E-state index in [2.05, 4.69) is 14.6 Å². The maximum absolute atomic E-state index is 13.0. The summed E-state index contributed by atoms with van der Waals surface area (Å²) in [5, 5.41) is 12.4. The van der Waals surface area contributed by atoms with Crippen LogP contribution in [0.1, 0.15) is 22.3 Å². The van der Waals surface area contributed by atoms with Crippen LogP contribution in [0.15, 0.2) is 60.7 Å². The summed E-state index contributed by atoms with van der Waals surface area (Å²) in [6, 6.07) is 12.3. The fraction of sp³-hybridized carbons (Fsp3) is 0.208. The number of phenolic OH excluding ortho intramolecular Hbond substituents is 1. The molecule has 0 radical (unpaired) electrons. The van der Waals surface area contributed by atoms with Crippen LogP contribution in [0.25, 0.3) is 11.1 Å². The van der Waals surface area contributed by atoms with Gasteiger partial charge in [-0.3, -0.25) is 14.0 Å². The number of amides is 1. The highest BCUT2D eigenvalue weighted by molar-refractivity contribution is 7.92. The number of benzene rings is 3. The molecule has 16 heteroatoms. The smallest absolute Gasteiger partial charge is 0.416 e. The number of ether oxygens (including phenoxy) is 1. The van der Waals surface area contributed by atoms with E-state index >= 15 is 0 Å². The third-order valence-electron chi connectivity index (χ3n) is 5.14. The molecule has 0 bridgehead atoms. The molecule has 0 heterocycles. The normalized spacial score (nSPS) is 13.3. The molecule has 1 amide bonds. The Bertz CT molecular complexity index is 1530. The first-order valence-corrected chi connectivity index (χ1v) is 14.9. The number of anilines is 2. The van der Waals surface area contributed by atoms with E-state index in [1.807, 2.05) is 0 Å². The van der Waals surface area contributed by atoms with Crippen molar-refractivity contribution in [2.45, 2.75) is 12.6 Å². The van der Waals surface area contributed by atoms with Crippen LogP contribution in [0.2, 0.25) is 0 Å². The van der Waals surface area contributed by atoms with Crippen LogP contribution in [0.3, 0.4) is 0 Å². The Balaban J connectivity index is 1.87. The van der Waals surface area contributed by atoms with Gasteiger partial charge in [-0.05, 0) is 54.1 Å². The number of hydrogen-bond acceptors (Lipinski definition) is 7. The molecule has 6 N–H and O–H groups in total. The van der Waals surface area contributed by atoms with E-state index in [1.54, 1.807) is 0 Å². The van der Waals surface area contributed by atoms with E-state index in [0.29, 0.717) is 11.1 Å². The molecule has 0 saturated carbocycles. The lowest BCUT2D eigenvalue weighted by Crippen LogP contribution is -2.14. The molecule has 3 aromatic rings. The minimum atomic E-state index is -4.53. The van der Waals surface area contributed by atoms with Gasteiger partial charge in [-0.15, -0.1) is 0 Å². The van der Waals surface area contributed by atoms with E-state index < -0.39 is 35.4 Å². The molecule has 1 atom stereocenters. The fourth-order valence-corrected chi connectivity index (χ4v) is 4.35. The second-order valence-electron chi connectivity index (χ2n) is 8.45. The van der Waals surface area contributed by atoms with Gasteiger partial charge in [0.15, 0.2) is 0 Å². The van der Waals surface area contributed by atoms with E-state index in [1.165, 1.54) is 48.5 Å². The number of phenols is 1. The Morgan fingerprint density at radius 2 is 1.73 bits per heavy atom. The lowest BCUT2D eigenvalue weighted by molar-refractivity contribution is -0.137. The molecule has 11 nitrogen and oxygen atoms in total. The minimum absolute atomic E-state index is 0.0583. The van der Waals surface area contributed by atoms with Gasteiger partial charge in [0.25, 0.3) is 5.91 Å². The van der Waals surface area contributed by atoms with Crippen LogP contribution in [-0.4, -0.2) is 43.8 Å². The third-order valence-corrected chi connectivity index (χ3v) is 6.28. The van der Waals surface area contributed by atoms with Crippen LogP contribution in [-0.2, 0) is 25.3 Å². The summed E-state index contributed by atoms with van der Waals surface area (Å²) in [4.78, 5) is 22.0. The van der Waals surface area contributed by atoms with Gasteiger partial charge in [-0.1, -0.05) is 12.1 Å². The lowest BCUT2D eigenvalue weighted by Gasteiger charge is -2.15. The molecule has 0 aliphatic heterocycles. The first-order valence-electron chi connectivity index (χ1n) is 11.3. The van der Waals surface area contributed by atoms with Crippen molar-refractivity contribution >= 4 is 35.1 Å². The Morgan fingerprint density at radius 3 is 2.33 bits per heavy atom. The van der Waals surface area contributed by atoms with E-state index in [4.69, 9.17) is 15.1 Å². The molecule has 0 spiro atoms. The van der Waals surface area contributed by atoms with E-state index in [0.717, 1.165) is 18.4 Å². The van der Waals surface area contributed by atoms with Crippen molar-refractivity contribution in [1.82, 2.24) is 0 Å². The number of nitrogens with two attached hydrogens (primary N) is 1. The van der Waals surface area contributed by atoms with Gasteiger partial charge >= 0.3 is 13.9 Å². The predicted molar refractivity (Wildman–Crippen MR) is 141 cm³/mol. The lowest BCUT2D eigenvalue weighted by atomic mass is 10.0. The SMILES string of the molecule is CS(=O)(=O)Nc1cc(NC(=O)c2ccc(-c3ccc(C(F)(F)F)cc3)c(OCCCOP(N)(=O)O)c2)ccc1O. The van der Waals surface area contributed by atoms with Crippen molar-refractivity contribution in [2.24, 2.45) is 5.50 Å². The quantitative estimate of drug-likeness (QED) is 0.0911. The highest BCUT2D eigenvalue weighted by Crippen LogP contribution is 2.36. The van der Waals surface area contributed by atoms with Crippen molar-refractivity contribution in [3.63, 3.8) is 0 Å². The largest absolute Gasteiger partial charge is 0.506 e. The van der Waals surface area contributed by atoms with E-state index in [-0.39, 0.29) is 48.1 Å². The second-order valence-corrected chi connectivity index (χ2v) is 11.6. The molecule has 1 unspecified atom stereocenters. The van der Waals surface area contributed by atoms with Crippen LogP contribution in [0, 0.1) is 0 Å². The molecule has 0 aliphatic carbocycles. The fourth-order valence-electron chi connectivity index (χ4n) is 3.40. The summed E-state index contributed by atoms with van der Waals surface area (Å²) in [7, 11) is -7.89. The van der Waals surface area contributed by atoms with Crippen molar-refractivity contribution in [2.75, 3.05) is 29.5 Å². The molecule has 0 fully saturated rings. The first kappa shape index (κ1) is 30.9. The molecule has 216 valence electrons. The zero-order valence-electron chi connectivity index (χ0n) is 20.8. The molecule has 3 aromatic carbocycles. The molecule has 3 rings (SSSR count). The van der Waals surface area contributed by atoms with Crippen molar-refractivity contribution in [3.8, 4) is 22.6 Å². The molecule has 0 aromatic heterocycles. The number of halogens is 3. The average molecular weight is 604 g/mol. The number of carbonyl (C=O) groups excluding carboxylic acids is 1. The van der Waals surface area contributed by atoms with E-state index in [9.17, 15) is 36.1 Å². The van der Waals surface area contributed by atoms with Crippen molar-refractivity contribution in [3.05, 3.63) is 71.8 Å². The van der Waals surface area contributed by atoms with Crippen molar-refractivity contribution < 1.29 is 50.2 Å². The predicted octanol–water partition coefficient (Wildman–Crippen LogP) is 4.55. The number of aromatic hydroxyl groups is 1. The Morgan fingerprint density at radius 1 is 1.05 bits per heavy atom. The van der Waals surface area contributed by atoms with Gasteiger partial charge in [0.2, 0.25) is 10.0 Å². The highest BCUT2D eigenvalue weighted by atomic mass is 32.2. The summed E-state index contributed by atoms with van der Waals surface area (Å²) < 4.78 is 85.5. The van der Waals surface area contributed by atoms with Gasteiger partial charge in [0, 0.05) is 23.2 Å². The number of alkyl halides is 3.